The van der Waals surface area contributed by atoms with Crippen molar-refractivity contribution in [1.29, 1.82) is 0 Å². The first-order valence-corrected chi connectivity index (χ1v) is 7.89. The normalized spacial score (nSPS) is 17.8. The van der Waals surface area contributed by atoms with Crippen molar-refractivity contribution in [2.24, 2.45) is 0 Å². The van der Waals surface area contributed by atoms with E-state index in [-0.39, 0.29) is 24.7 Å². The molecule has 1 aliphatic heterocycles. The fraction of sp³-hybridized carbons (Fsp3) is 0.500. The first-order chi connectivity index (χ1) is 10.7. The Kier molecular flexibility index (Phi) is 5.22. The van der Waals surface area contributed by atoms with Crippen LogP contribution in [0.25, 0.3) is 0 Å². The summed E-state index contributed by atoms with van der Waals surface area (Å²) in [4.78, 5) is 0. The van der Waals surface area contributed by atoms with Gasteiger partial charge in [0.1, 0.15) is 18.5 Å². The van der Waals surface area contributed by atoms with Crippen LogP contribution in [0.3, 0.4) is 0 Å². The van der Waals surface area contributed by atoms with Gasteiger partial charge in [0, 0.05) is 19.2 Å². The number of aliphatic hydroxyl groups excluding tert-OH is 1. The fourth-order valence-electron chi connectivity index (χ4n) is 1.76. The van der Waals surface area contributed by atoms with Gasteiger partial charge in [-0.1, -0.05) is 0 Å². The minimum Gasteiger partial charge on any atom is -0.486 e. The Balaban J connectivity index is 2.09. The van der Waals surface area contributed by atoms with E-state index in [1.807, 2.05) is 0 Å². The summed E-state index contributed by atoms with van der Waals surface area (Å²) in [5.74, 6) is -0.198. The van der Waals surface area contributed by atoms with Gasteiger partial charge in [-0.05, 0) is 12.1 Å². The van der Waals surface area contributed by atoms with E-state index in [9.17, 15) is 21.6 Å². The smallest absolute Gasteiger partial charge is 0.486 e. The first kappa shape index (κ1) is 17.6. The number of nitrogens with one attached hydrogen (secondary N) is 1. The van der Waals surface area contributed by atoms with Crippen molar-refractivity contribution >= 4 is 10.1 Å². The summed E-state index contributed by atoms with van der Waals surface area (Å²) in [5.41, 5.74) is -5.52. The summed E-state index contributed by atoms with van der Waals surface area (Å²) < 4.78 is 73.7. The molecule has 0 saturated heterocycles. The van der Waals surface area contributed by atoms with Crippen molar-refractivity contribution in [3.63, 3.8) is 0 Å². The minimum absolute atomic E-state index is 0.0581. The Morgan fingerprint density at radius 1 is 1.35 bits per heavy atom. The van der Waals surface area contributed by atoms with Gasteiger partial charge < -0.3 is 24.1 Å². The molecule has 23 heavy (non-hydrogen) atoms. The lowest BCUT2D eigenvalue weighted by atomic mass is 10.2. The van der Waals surface area contributed by atoms with Crippen LogP contribution in [0.15, 0.2) is 18.2 Å². The summed E-state index contributed by atoms with van der Waals surface area (Å²) >= 11 is 0. The van der Waals surface area contributed by atoms with Crippen molar-refractivity contribution in [1.82, 2.24) is 5.32 Å². The predicted octanol–water partition coefficient (Wildman–Crippen LogP) is 0.637. The van der Waals surface area contributed by atoms with E-state index in [1.54, 1.807) is 0 Å². The lowest BCUT2D eigenvalue weighted by Crippen LogP contribution is -2.39. The van der Waals surface area contributed by atoms with E-state index in [1.165, 1.54) is 6.07 Å². The zero-order valence-corrected chi connectivity index (χ0v) is 12.5. The predicted molar refractivity (Wildman–Crippen MR) is 71.9 cm³/mol. The third-order valence-corrected chi connectivity index (χ3v) is 3.76. The van der Waals surface area contributed by atoms with Crippen LogP contribution in [0.5, 0.6) is 17.2 Å². The standard InChI is InChI=1S/C12H14F3NO6S/c13-12(14,15)23(18,19)22-8-1-2-10-11(5-8)21-9(7-20-10)6-16-3-4-17/h1-2,5,9,16-17H,3-4,6-7H2. The van der Waals surface area contributed by atoms with Gasteiger partial charge in [0.2, 0.25) is 0 Å². The summed E-state index contributed by atoms with van der Waals surface area (Å²) in [7, 11) is -5.74. The van der Waals surface area contributed by atoms with E-state index in [4.69, 9.17) is 14.6 Å². The molecule has 2 rings (SSSR count). The highest BCUT2D eigenvalue weighted by Crippen LogP contribution is 2.36. The van der Waals surface area contributed by atoms with Gasteiger partial charge in [0.15, 0.2) is 11.5 Å². The van der Waals surface area contributed by atoms with Gasteiger partial charge >= 0.3 is 15.6 Å². The van der Waals surface area contributed by atoms with Crippen LogP contribution in [-0.4, -0.2) is 51.4 Å². The molecule has 1 aromatic rings. The van der Waals surface area contributed by atoms with Crippen molar-refractivity contribution in [3.05, 3.63) is 18.2 Å². The Labute approximate surface area is 130 Å². The molecular weight excluding hydrogens is 343 g/mol. The van der Waals surface area contributed by atoms with Gasteiger partial charge in [-0.15, -0.1) is 0 Å². The molecule has 1 heterocycles. The molecule has 1 aromatic carbocycles. The highest BCUT2D eigenvalue weighted by molar-refractivity contribution is 7.88. The SMILES string of the molecule is O=S(=O)(Oc1ccc2c(c1)OC(CNCCO)CO2)C(F)(F)F. The third kappa shape index (κ3) is 4.39. The second-order valence-electron chi connectivity index (χ2n) is 4.57. The Bertz CT molecular complexity index is 649. The molecule has 1 atom stereocenters. The molecule has 11 heteroatoms. The average molecular weight is 357 g/mol. The van der Waals surface area contributed by atoms with Crippen molar-refractivity contribution in [2.75, 3.05) is 26.3 Å². The number of hydrogen-bond donors (Lipinski definition) is 2. The molecule has 0 aliphatic carbocycles. The molecule has 0 fully saturated rings. The molecule has 0 saturated carbocycles. The molecule has 0 bridgehead atoms. The minimum atomic E-state index is -5.74. The molecular formula is C12H14F3NO6S. The highest BCUT2D eigenvalue weighted by atomic mass is 32.2. The van der Waals surface area contributed by atoms with Crippen LogP contribution in [-0.2, 0) is 10.1 Å². The van der Waals surface area contributed by atoms with Gasteiger partial charge in [0.25, 0.3) is 0 Å². The molecule has 0 amide bonds. The number of ether oxygens (including phenoxy) is 2. The molecule has 0 radical (unpaired) electrons. The van der Waals surface area contributed by atoms with Crippen LogP contribution >= 0.6 is 0 Å². The van der Waals surface area contributed by atoms with Crippen LogP contribution in [0.1, 0.15) is 0 Å². The summed E-state index contributed by atoms with van der Waals surface area (Å²) in [6, 6.07) is 3.31. The maximum Gasteiger partial charge on any atom is 0.534 e. The molecule has 1 aliphatic rings. The second kappa shape index (κ2) is 6.81. The summed E-state index contributed by atoms with van der Waals surface area (Å²) in [6.45, 7) is 0.829. The summed E-state index contributed by atoms with van der Waals surface area (Å²) in [6.07, 6.45) is -0.441. The first-order valence-electron chi connectivity index (χ1n) is 6.49. The number of fused-ring (bicyclic) bond motifs is 1. The van der Waals surface area contributed by atoms with E-state index < -0.39 is 27.5 Å². The van der Waals surface area contributed by atoms with Gasteiger partial charge in [-0.3, -0.25) is 0 Å². The second-order valence-corrected chi connectivity index (χ2v) is 6.11. The number of benzene rings is 1. The van der Waals surface area contributed by atoms with Gasteiger partial charge in [0.05, 0.1) is 6.61 Å². The maximum absolute atomic E-state index is 12.3. The quantitative estimate of drug-likeness (QED) is 0.438. The van der Waals surface area contributed by atoms with E-state index in [2.05, 4.69) is 9.50 Å². The zero-order chi connectivity index (χ0) is 17.1. The Morgan fingerprint density at radius 3 is 2.74 bits per heavy atom. The topological polar surface area (TPSA) is 94.1 Å². The lowest BCUT2D eigenvalue weighted by Gasteiger charge is -2.27. The largest absolute Gasteiger partial charge is 0.534 e. The van der Waals surface area contributed by atoms with Crippen molar-refractivity contribution < 1.29 is 40.4 Å². The molecule has 0 spiro atoms. The van der Waals surface area contributed by atoms with E-state index in [0.717, 1.165) is 12.1 Å². The molecule has 2 N–H and O–H groups in total. The number of hydrogen-bond acceptors (Lipinski definition) is 7. The third-order valence-electron chi connectivity index (χ3n) is 2.78. The van der Waals surface area contributed by atoms with Crippen LogP contribution in [0, 0.1) is 0 Å². The summed E-state index contributed by atoms with van der Waals surface area (Å²) in [5, 5.41) is 11.5. The Hall–Kier alpha value is -1.72. The number of rotatable bonds is 6. The number of aliphatic hydroxyl groups is 1. The number of halogens is 3. The number of alkyl halides is 3. The Morgan fingerprint density at radius 2 is 2.09 bits per heavy atom. The van der Waals surface area contributed by atoms with Crippen molar-refractivity contribution in [2.45, 2.75) is 11.6 Å². The van der Waals surface area contributed by atoms with Crippen molar-refractivity contribution in [3.8, 4) is 17.2 Å². The van der Waals surface area contributed by atoms with Crippen LogP contribution in [0.2, 0.25) is 0 Å². The van der Waals surface area contributed by atoms with Gasteiger partial charge in [-0.2, -0.15) is 21.6 Å². The fourth-order valence-corrected chi connectivity index (χ4v) is 2.22. The van der Waals surface area contributed by atoms with E-state index >= 15 is 0 Å². The lowest BCUT2D eigenvalue weighted by molar-refractivity contribution is -0.0500. The van der Waals surface area contributed by atoms with E-state index in [0.29, 0.717) is 13.1 Å². The van der Waals surface area contributed by atoms with Gasteiger partial charge in [-0.25, -0.2) is 0 Å². The monoisotopic (exact) mass is 357 g/mol. The molecule has 7 nitrogen and oxygen atoms in total. The van der Waals surface area contributed by atoms with Crippen LogP contribution < -0.4 is 19.0 Å². The maximum atomic E-state index is 12.3. The zero-order valence-electron chi connectivity index (χ0n) is 11.7. The highest BCUT2D eigenvalue weighted by Gasteiger charge is 2.48. The average Bonchev–Trinajstić information content (AvgIpc) is 2.45. The molecule has 1 unspecified atom stereocenters. The molecule has 0 aromatic heterocycles. The molecule has 130 valence electrons. The van der Waals surface area contributed by atoms with Crippen LogP contribution in [0.4, 0.5) is 13.2 Å².